The van der Waals surface area contributed by atoms with Gasteiger partial charge in [0.1, 0.15) is 5.82 Å². The van der Waals surface area contributed by atoms with Gasteiger partial charge >= 0.3 is 0 Å². The van der Waals surface area contributed by atoms with Crippen molar-refractivity contribution in [1.82, 2.24) is 9.29 Å². The number of H-pyrrole nitrogens is 1. The van der Waals surface area contributed by atoms with Crippen LogP contribution in [0.5, 0.6) is 0 Å². The molecular weight excluding hydrogens is 451 g/mol. The van der Waals surface area contributed by atoms with Crippen LogP contribution in [0.25, 0.3) is 10.9 Å². The molecule has 0 aliphatic rings. The first-order chi connectivity index (χ1) is 16.1. The van der Waals surface area contributed by atoms with Crippen LogP contribution in [-0.2, 0) is 23.0 Å². The number of pyridine rings is 1. The second-order valence-corrected chi connectivity index (χ2v) is 10.6. The number of hydrogen-bond acceptors (Lipinski definition) is 3. The van der Waals surface area contributed by atoms with Gasteiger partial charge in [-0.1, -0.05) is 24.3 Å². The van der Waals surface area contributed by atoms with E-state index in [1.807, 2.05) is 57.2 Å². The largest absolute Gasteiger partial charge is 0.322 e. The minimum absolute atomic E-state index is 0.0117. The van der Waals surface area contributed by atoms with Crippen LogP contribution in [0.4, 0.5) is 4.39 Å². The molecule has 0 aliphatic heterocycles. The summed E-state index contributed by atoms with van der Waals surface area (Å²) in [6.45, 7) is 6.03. The van der Waals surface area contributed by atoms with E-state index in [1.54, 1.807) is 6.07 Å². The van der Waals surface area contributed by atoms with Gasteiger partial charge in [-0.25, -0.2) is 12.8 Å². The highest BCUT2D eigenvalue weighted by molar-refractivity contribution is 7.89. The van der Waals surface area contributed by atoms with Crippen LogP contribution in [0.2, 0.25) is 0 Å². The fourth-order valence-electron chi connectivity index (χ4n) is 4.01. The molecule has 34 heavy (non-hydrogen) atoms. The van der Waals surface area contributed by atoms with Gasteiger partial charge in [0, 0.05) is 24.2 Å². The molecule has 1 aromatic heterocycles. The molecule has 0 fully saturated rings. The van der Waals surface area contributed by atoms with Crippen molar-refractivity contribution in [1.29, 1.82) is 0 Å². The molecule has 5 nitrogen and oxygen atoms in total. The van der Waals surface area contributed by atoms with Crippen molar-refractivity contribution in [3.63, 3.8) is 0 Å². The molecule has 1 N–H and O–H groups in total. The highest BCUT2D eigenvalue weighted by Gasteiger charge is 2.26. The van der Waals surface area contributed by atoms with Crippen molar-refractivity contribution < 1.29 is 12.8 Å². The summed E-state index contributed by atoms with van der Waals surface area (Å²) >= 11 is 0. The van der Waals surface area contributed by atoms with Crippen LogP contribution in [0.3, 0.4) is 0 Å². The maximum Gasteiger partial charge on any atom is 0.252 e. The third kappa shape index (κ3) is 4.95. The Kier molecular flexibility index (Phi) is 6.68. The third-order valence-electron chi connectivity index (χ3n) is 6.23. The first-order valence-electron chi connectivity index (χ1n) is 11.1. The van der Waals surface area contributed by atoms with Gasteiger partial charge < -0.3 is 4.98 Å². The molecule has 0 bridgehead atoms. The topological polar surface area (TPSA) is 70.2 Å². The smallest absolute Gasteiger partial charge is 0.252 e. The lowest BCUT2D eigenvalue weighted by atomic mass is 10.0. The summed E-state index contributed by atoms with van der Waals surface area (Å²) < 4.78 is 41.8. The van der Waals surface area contributed by atoms with Gasteiger partial charge in [0.2, 0.25) is 10.0 Å². The first-order valence-corrected chi connectivity index (χ1v) is 12.5. The fourth-order valence-corrected chi connectivity index (χ4v) is 5.42. The number of hydrogen-bond donors (Lipinski definition) is 1. The zero-order valence-corrected chi connectivity index (χ0v) is 20.2. The van der Waals surface area contributed by atoms with E-state index in [4.69, 9.17) is 0 Å². The summed E-state index contributed by atoms with van der Waals surface area (Å²) in [6, 6.07) is 18.2. The van der Waals surface area contributed by atoms with Crippen LogP contribution >= 0.6 is 0 Å². The van der Waals surface area contributed by atoms with E-state index >= 15 is 0 Å². The van der Waals surface area contributed by atoms with Gasteiger partial charge in [0.25, 0.3) is 5.56 Å². The van der Waals surface area contributed by atoms with Crippen molar-refractivity contribution in [2.45, 2.75) is 38.6 Å². The van der Waals surface area contributed by atoms with Crippen LogP contribution < -0.4 is 5.56 Å². The molecule has 1 heterocycles. The Labute approximate surface area is 198 Å². The van der Waals surface area contributed by atoms with E-state index in [0.717, 1.165) is 39.8 Å². The van der Waals surface area contributed by atoms with Crippen molar-refractivity contribution >= 4 is 20.9 Å². The maximum absolute atomic E-state index is 13.5. The molecule has 0 aliphatic carbocycles. The molecule has 7 heteroatoms. The molecular formula is C27H27FN2O3S. The standard InChI is InChI=1S/C27H27FN2O3S/c1-18-6-4-5-7-21(18)12-13-30(34(32,33)25-10-8-24(28)9-11-25)17-23-16-22-14-19(2)20(3)15-26(22)29-27(23)31/h4-11,14-16H,12-13,17H2,1-3H3,(H,29,31). The third-order valence-corrected chi connectivity index (χ3v) is 8.08. The molecule has 3 aromatic carbocycles. The van der Waals surface area contributed by atoms with Crippen molar-refractivity contribution in [2.24, 2.45) is 0 Å². The number of fused-ring (bicyclic) bond motifs is 1. The second kappa shape index (κ2) is 9.52. The Balaban J connectivity index is 1.74. The van der Waals surface area contributed by atoms with Crippen LogP contribution in [0.15, 0.2) is 76.4 Å². The minimum Gasteiger partial charge on any atom is -0.322 e. The fraction of sp³-hybridized carbons (Fsp3) is 0.222. The summed E-state index contributed by atoms with van der Waals surface area (Å²) in [4.78, 5) is 15.7. The minimum atomic E-state index is -3.97. The second-order valence-electron chi connectivity index (χ2n) is 8.62. The van der Waals surface area contributed by atoms with Gasteiger partial charge in [0.15, 0.2) is 0 Å². The normalized spacial score (nSPS) is 11.9. The summed E-state index contributed by atoms with van der Waals surface area (Å²) in [5.74, 6) is -0.512. The molecule has 0 amide bonds. The molecule has 0 spiro atoms. The van der Waals surface area contributed by atoms with Crippen LogP contribution in [0, 0.1) is 26.6 Å². The summed E-state index contributed by atoms with van der Waals surface area (Å²) in [7, 11) is -3.97. The molecule has 0 saturated heterocycles. The number of nitrogens with zero attached hydrogens (tertiary/aromatic N) is 1. The summed E-state index contributed by atoms with van der Waals surface area (Å²) in [6.07, 6.45) is 0.483. The number of aryl methyl sites for hydroxylation is 3. The number of aromatic nitrogens is 1. The predicted molar refractivity (Wildman–Crippen MR) is 133 cm³/mol. The van der Waals surface area contributed by atoms with Gasteiger partial charge in [0.05, 0.1) is 4.90 Å². The molecule has 4 rings (SSSR count). The molecule has 4 aromatic rings. The van der Waals surface area contributed by atoms with E-state index in [2.05, 4.69) is 4.98 Å². The molecule has 176 valence electrons. The van der Waals surface area contributed by atoms with Crippen molar-refractivity contribution in [2.75, 3.05) is 6.54 Å². The van der Waals surface area contributed by atoms with Gasteiger partial charge in [-0.05, 0) is 97.3 Å². The number of aromatic amines is 1. The van der Waals surface area contributed by atoms with E-state index in [0.29, 0.717) is 17.5 Å². The summed E-state index contributed by atoms with van der Waals surface area (Å²) in [5.41, 5.74) is 4.98. The molecule has 0 radical (unpaired) electrons. The Bertz CT molecular complexity index is 1510. The van der Waals surface area contributed by atoms with Crippen molar-refractivity contribution in [3.05, 3.63) is 111 Å². The zero-order chi connectivity index (χ0) is 24.5. The predicted octanol–water partition coefficient (Wildman–Crippen LogP) is 5.03. The quantitative estimate of drug-likeness (QED) is 0.405. The van der Waals surface area contributed by atoms with E-state index in [-0.39, 0.29) is 23.5 Å². The van der Waals surface area contributed by atoms with Gasteiger partial charge in [-0.15, -0.1) is 0 Å². The van der Waals surface area contributed by atoms with Crippen molar-refractivity contribution in [3.8, 4) is 0 Å². The number of rotatable bonds is 7. The highest BCUT2D eigenvalue weighted by Crippen LogP contribution is 2.22. The van der Waals surface area contributed by atoms with E-state index < -0.39 is 15.8 Å². The Morgan fingerprint density at radius 1 is 0.853 bits per heavy atom. The number of nitrogens with one attached hydrogen (secondary N) is 1. The summed E-state index contributed by atoms with van der Waals surface area (Å²) in [5, 5.41) is 0.843. The number of halogens is 1. The van der Waals surface area contributed by atoms with E-state index in [9.17, 15) is 17.6 Å². The molecule has 0 atom stereocenters. The van der Waals surface area contributed by atoms with Gasteiger partial charge in [-0.3, -0.25) is 4.79 Å². The highest BCUT2D eigenvalue weighted by atomic mass is 32.2. The lowest BCUT2D eigenvalue weighted by Gasteiger charge is -2.23. The molecule has 0 unspecified atom stereocenters. The number of benzene rings is 3. The lowest BCUT2D eigenvalue weighted by molar-refractivity contribution is 0.408. The van der Waals surface area contributed by atoms with Gasteiger partial charge in [-0.2, -0.15) is 4.31 Å². The van der Waals surface area contributed by atoms with Crippen LogP contribution in [-0.4, -0.2) is 24.3 Å². The zero-order valence-electron chi connectivity index (χ0n) is 19.4. The Morgan fingerprint density at radius 2 is 1.53 bits per heavy atom. The SMILES string of the molecule is Cc1cc2cc(CN(CCc3ccccc3C)S(=O)(=O)c3ccc(F)cc3)c(=O)[nH]c2cc1C. The average Bonchev–Trinajstić information content (AvgIpc) is 2.79. The first kappa shape index (κ1) is 23.9. The van der Waals surface area contributed by atoms with Crippen LogP contribution in [0.1, 0.15) is 27.8 Å². The van der Waals surface area contributed by atoms with E-state index in [1.165, 1.54) is 16.4 Å². The Morgan fingerprint density at radius 3 is 2.24 bits per heavy atom. The average molecular weight is 479 g/mol. The maximum atomic E-state index is 13.5. The monoisotopic (exact) mass is 478 g/mol. The molecule has 0 saturated carbocycles. The lowest BCUT2D eigenvalue weighted by Crippen LogP contribution is -2.34. The number of sulfonamides is 1. The Hall–Kier alpha value is -3.29.